The first kappa shape index (κ1) is 13.4. The van der Waals surface area contributed by atoms with E-state index < -0.39 is 0 Å². The van der Waals surface area contributed by atoms with E-state index in [0.29, 0.717) is 30.7 Å². The van der Waals surface area contributed by atoms with Crippen molar-refractivity contribution in [3.8, 4) is 5.75 Å². The van der Waals surface area contributed by atoms with Gasteiger partial charge in [-0.1, -0.05) is 0 Å². The zero-order chi connectivity index (χ0) is 13.6. The predicted molar refractivity (Wildman–Crippen MR) is 81.9 cm³/mol. The molecule has 2 fully saturated rings. The monoisotopic (exact) mass is 387 g/mol. The minimum absolute atomic E-state index is 0.355. The molecule has 2 saturated heterocycles. The molecule has 2 unspecified atom stereocenters. The van der Waals surface area contributed by atoms with Crippen LogP contribution < -0.4 is 9.64 Å². The summed E-state index contributed by atoms with van der Waals surface area (Å²) in [6, 6.07) is 4.78. The van der Waals surface area contributed by atoms with Crippen molar-refractivity contribution in [2.45, 2.75) is 37.8 Å². The summed E-state index contributed by atoms with van der Waals surface area (Å²) in [4.78, 5) is 14.1. The summed E-state index contributed by atoms with van der Waals surface area (Å²) in [5.41, 5.74) is 1.14. The molecule has 2 heterocycles. The number of carbonyl (C=O) groups is 1. The number of Topliss-reactive ketones (excluding diaryl/α,β-unsaturated/α-hetero) is 1. The number of benzene rings is 1. The second kappa shape index (κ2) is 5.09. The maximum atomic E-state index is 11.7. The van der Waals surface area contributed by atoms with Crippen LogP contribution in [0.4, 0.5) is 5.69 Å². The van der Waals surface area contributed by atoms with Gasteiger partial charge in [-0.3, -0.25) is 4.79 Å². The van der Waals surface area contributed by atoms with E-state index >= 15 is 0 Å². The van der Waals surface area contributed by atoms with Gasteiger partial charge >= 0.3 is 0 Å². The molecular weight excluding hydrogens is 374 g/mol. The Balaban J connectivity index is 2.01. The largest absolute Gasteiger partial charge is 0.495 e. The standard InChI is InChI=1S/C14H15Br2NO2/c1-19-14-7-13(11(15)6-12(14)16)17-8-2-3-9(17)5-10(18)4-8/h6-9H,2-5H2,1H3. The molecular formula is C14H15Br2NO2. The first-order chi connectivity index (χ1) is 9.10. The fraction of sp³-hybridized carbons (Fsp3) is 0.500. The smallest absolute Gasteiger partial charge is 0.137 e. The van der Waals surface area contributed by atoms with Gasteiger partial charge in [0.25, 0.3) is 0 Å². The van der Waals surface area contributed by atoms with E-state index in [9.17, 15) is 4.79 Å². The van der Waals surface area contributed by atoms with E-state index in [0.717, 1.165) is 33.2 Å². The first-order valence-corrected chi connectivity index (χ1v) is 8.02. The number of hydrogen-bond acceptors (Lipinski definition) is 3. The fourth-order valence-electron chi connectivity index (χ4n) is 3.24. The van der Waals surface area contributed by atoms with Crippen LogP contribution in [-0.2, 0) is 4.79 Å². The maximum absolute atomic E-state index is 11.7. The number of methoxy groups -OCH3 is 1. The number of halogens is 2. The molecule has 0 aromatic heterocycles. The normalized spacial score (nSPS) is 25.8. The number of carbonyl (C=O) groups excluding carboxylic acids is 1. The molecule has 0 saturated carbocycles. The quantitative estimate of drug-likeness (QED) is 0.768. The van der Waals surface area contributed by atoms with Gasteiger partial charge in [0.2, 0.25) is 0 Å². The van der Waals surface area contributed by atoms with Gasteiger partial charge in [-0.25, -0.2) is 0 Å². The van der Waals surface area contributed by atoms with Gasteiger partial charge in [0.15, 0.2) is 0 Å². The van der Waals surface area contributed by atoms with E-state index in [1.54, 1.807) is 7.11 Å². The van der Waals surface area contributed by atoms with Crippen LogP contribution in [0.3, 0.4) is 0 Å². The molecule has 0 radical (unpaired) electrons. The second-order valence-corrected chi connectivity index (χ2v) is 6.89. The molecule has 3 rings (SSSR count). The highest BCUT2D eigenvalue weighted by atomic mass is 79.9. The van der Waals surface area contributed by atoms with Gasteiger partial charge in [0, 0.05) is 35.5 Å². The highest BCUT2D eigenvalue weighted by Crippen LogP contribution is 2.44. The number of hydrogen-bond donors (Lipinski definition) is 0. The minimum atomic E-state index is 0.355. The Morgan fingerprint density at radius 2 is 1.79 bits per heavy atom. The van der Waals surface area contributed by atoms with Crippen LogP contribution in [0, 0.1) is 0 Å². The van der Waals surface area contributed by atoms with E-state index in [1.807, 2.05) is 6.07 Å². The minimum Gasteiger partial charge on any atom is -0.495 e. The molecule has 102 valence electrons. The number of ether oxygens (including phenoxy) is 1. The van der Waals surface area contributed by atoms with E-state index in [-0.39, 0.29) is 0 Å². The van der Waals surface area contributed by atoms with Crippen LogP contribution in [-0.4, -0.2) is 25.0 Å². The molecule has 2 aliphatic rings. The van der Waals surface area contributed by atoms with Crippen molar-refractivity contribution in [2.24, 2.45) is 0 Å². The predicted octanol–water partition coefficient (Wildman–Crippen LogP) is 3.92. The Bertz CT molecular complexity index is 516. The Morgan fingerprint density at radius 3 is 2.37 bits per heavy atom. The molecule has 2 bridgehead atoms. The van der Waals surface area contributed by atoms with Crippen molar-refractivity contribution in [2.75, 3.05) is 12.0 Å². The lowest BCUT2D eigenvalue weighted by molar-refractivity contribution is -0.120. The summed E-state index contributed by atoms with van der Waals surface area (Å²) in [7, 11) is 1.67. The number of ketones is 1. The van der Waals surface area contributed by atoms with Crippen molar-refractivity contribution in [3.05, 3.63) is 21.1 Å². The average Bonchev–Trinajstić information content (AvgIpc) is 2.63. The molecule has 2 aliphatic heterocycles. The summed E-state index contributed by atoms with van der Waals surface area (Å²) in [6.45, 7) is 0. The van der Waals surface area contributed by atoms with Crippen LogP contribution in [0.25, 0.3) is 0 Å². The second-order valence-electron chi connectivity index (χ2n) is 5.18. The molecule has 1 aromatic rings. The van der Waals surface area contributed by atoms with Crippen molar-refractivity contribution in [3.63, 3.8) is 0 Å². The molecule has 0 spiro atoms. The Kier molecular flexibility index (Phi) is 3.60. The average molecular weight is 389 g/mol. The SMILES string of the molecule is COc1cc(N2C3CCC2CC(=O)C3)c(Br)cc1Br. The molecule has 1 aromatic carbocycles. The summed E-state index contributed by atoms with van der Waals surface area (Å²) in [5.74, 6) is 1.23. The summed E-state index contributed by atoms with van der Waals surface area (Å²) < 4.78 is 7.37. The number of rotatable bonds is 2. The van der Waals surface area contributed by atoms with Crippen molar-refractivity contribution >= 4 is 43.3 Å². The van der Waals surface area contributed by atoms with Gasteiger partial charge in [-0.2, -0.15) is 0 Å². The highest BCUT2D eigenvalue weighted by molar-refractivity contribution is 9.11. The van der Waals surface area contributed by atoms with E-state index in [1.165, 1.54) is 0 Å². The third-order valence-corrected chi connectivity index (χ3v) is 5.30. The van der Waals surface area contributed by atoms with Crippen LogP contribution in [0.2, 0.25) is 0 Å². The molecule has 19 heavy (non-hydrogen) atoms. The number of fused-ring (bicyclic) bond motifs is 2. The molecule has 5 heteroatoms. The lowest BCUT2D eigenvalue weighted by Crippen LogP contribution is -2.43. The lowest BCUT2D eigenvalue weighted by atomic mass is 10.0. The fourth-order valence-corrected chi connectivity index (χ4v) is 4.60. The first-order valence-electron chi connectivity index (χ1n) is 6.43. The topological polar surface area (TPSA) is 29.5 Å². The zero-order valence-electron chi connectivity index (χ0n) is 10.7. The van der Waals surface area contributed by atoms with Crippen LogP contribution in [0.5, 0.6) is 5.75 Å². The maximum Gasteiger partial charge on any atom is 0.137 e. The lowest BCUT2D eigenvalue weighted by Gasteiger charge is -2.37. The molecule has 0 amide bonds. The van der Waals surface area contributed by atoms with Gasteiger partial charge in [-0.15, -0.1) is 0 Å². The summed E-state index contributed by atoms with van der Waals surface area (Å²) >= 11 is 7.12. The number of nitrogens with zero attached hydrogens (tertiary/aromatic N) is 1. The van der Waals surface area contributed by atoms with E-state index in [2.05, 4.69) is 42.8 Å². The van der Waals surface area contributed by atoms with Crippen molar-refractivity contribution in [1.82, 2.24) is 0 Å². The number of piperidine rings is 1. The van der Waals surface area contributed by atoms with Gasteiger partial charge in [0.05, 0.1) is 17.3 Å². The van der Waals surface area contributed by atoms with Crippen molar-refractivity contribution < 1.29 is 9.53 Å². The van der Waals surface area contributed by atoms with Crippen LogP contribution in [0.15, 0.2) is 21.1 Å². The van der Waals surface area contributed by atoms with Gasteiger partial charge < -0.3 is 9.64 Å². The molecule has 0 aliphatic carbocycles. The third kappa shape index (κ3) is 2.31. The van der Waals surface area contributed by atoms with Gasteiger partial charge in [-0.05, 0) is 50.8 Å². The van der Waals surface area contributed by atoms with E-state index in [4.69, 9.17) is 4.74 Å². The summed E-state index contributed by atoms with van der Waals surface area (Å²) in [5, 5.41) is 0. The molecule has 0 N–H and O–H groups in total. The Morgan fingerprint density at radius 1 is 1.16 bits per heavy atom. The Hall–Kier alpha value is -0.550. The molecule has 3 nitrogen and oxygen atoms in total. The third-order valence-electron chi connectivity index (χ3n) is 4.05. The summed E-state index contributed by atoms with van der Waals surface area (Å²) in [6.07, 6.45) is 3.59. The molecule has 2 atom stereocenters. The Labute approximate surface area is 129 Å². The zero-order valence-corrected chi connectivity index (χ0v) is 13.8. The van der Waals surface area contributed by atoms with Crippen molar-refractivity contribution in [1.29, 1.82) is 0 Å². The van der Waals surface area contributed by atoms with Crippen LogP contribution in [0.1, 0.15) is 25.7 Å². The van der Waals surface area contributed by atoms with Gasteiger partial charge in [0.1, 0.15) is 11.5 Å². The number of anilines is 1. The van der Waals surface area contributed by atoms with Crippen LogP contribution >= 0.6 is 31.9 Å². The highest BCUT2D eigenvalue weighted by Gasteiger charge is 2.40.